The van der Waals surface area contributed by atoms with Gasteiger partial charge in [-0.2, -0.15) is 0 Å². The number of rotatable bonds is 10. The monoisotopic (exact) mass is 419 g/mol. The Morgan fingerprint density at radius 3 is 2.32 bits per heavy atom. The van der Waals surface area contributed by atoms with Crippen molar-refractivity contribution in [2.24, 2.45) is 5.92 Å². The maximum absolute atomic E-state index is 11.4. The van der Waals surface area contributed by atoms with Crippen LogP contribution in [0.1, 0.15) is 27.7 Å². The molecule has 0 saturated heterocycles. The van der Waals surface area contributed by atoms with E-state index in [1.54, 1.807) is 21.6 Å². The smallest absolute Gasteiger partial charge is 0.308 e. The quantitative estimate of drug-likeness (QED) is 0.193. The van der Waals surface area contributed by atoms with E-state index in [1.807, 2.05) is 50.3 Å². The molecule has 0 rings (SSSR count). The normalized spacial score (nSPS) is 12.8. The third-order valence-electron chi connectivity index (χ3n) is 2.01. The number of hydrogen-bond donors (Lipinski definition) is 1. The zero-order valence-corrected chi connectivity index (χ0v) is 15.6. The summed E-state index contributed by atoms with van der Waals surface area (Å²) in [5, 5.41) is 3.23. The van der Waals surface area contributed by atoms with E-state index in [1.165, 1.54) is 0 Å². The van der Waals surface area contributed by atoms with Gasteiger partial charge in [0.25, 0.3) is 0 Å². The molecule has 0 aliphatic rings. The number of hydrogen-bond acceptors (Lipinski definition) is 6. The average Bonchev–Trinajstić information content (AvgIpc) is 2.30. The second-order valence-corrected chi connectivity index (χ2v) is 8.30. The van der Waals surface area contributed by atoms with Gasteiger partial charge in [0.1, 0.15) is 6.61 Å². The standard InChI is InChI=1S/C12H22INO3S2/c1-8(2)12(16)17-5-6-18-19-7-10(11(13)15)14-9(3)4/h8-10,14H,5-7H2,1-4H3/t10-/m0/s1. The molecule has 0 radical (unpaired) electrons. The fourth-order valence-corrected chi connectivity index (χ4v) is 3.80. The molecule has 0 aromatic carbocycles. The van der Waals surface area contributed by atoms with Crippen LogP contribution in [0.25, 0.3) is 0 Å². The molecule has 0 amide bonds. The first kappa shape index (κ1) is 19.5. The molecule has 0 fully saturated rings. The lowest BCUT2D eigenvalue weighted by Crippen LogP contribution is -2.40. The van der Waals surface area contributed by atoms with E-state index in [-0.39, 0.29) is 21.7 Å². The van der Waals surface area contributed by atoms with Gasteiger partial charge in [0, 0.05) is 40.1 Å². The minimum Gasteiger partial charge on any atom is -0.465 e. The molecule has 4 nitrogen and oxygen atoms in total. The van der Waals surface area contributed by atoms with E-state index in [2.05, 4.69) is 5.32 Å². The van der Waals surface area contributed by atoms with Crippen LogP contribution in [0.5, 0.6) is 0 Å². The van der Waals surface area contributed by atoms with Crippen LogP contribution in [-0.2, 0) is 14.3 Å². The topological polar surface area (TPSA) is 55.4 Å². The van der Waals surface area contributed by atoms with Crippen molar-refractivity contribution in [2.45, 2.75) is 39.8 Å². The second-order valence-electron chi connectivity index (χ2n) is 4.61. The fourth-order valence-electron chi connectivity index (χ4n) is 1.10. The van der Waals surface area contributed by atoms with E-state index in [9.17, 15) is 9.59 Å². The van der Waals surface area contributed by atoms with Gasteiger partial charge in [0.2, 0.25) is 3.79 Å². The zero-order valence-electron chi connectivity index (χ0n) is 11.8. The van der Waals surface area contributed by atoms with Gasteiger partial charge in [0.05, 0.1) is 12.0 Å². The van der Waals surface area contributed by atoms with Crippen LogP contribution in [-0.4, -0.2) is 40.0 Å². The lowest BCUT2D eigenvalue weighted by atomic mass is 10.2. The van der Waals surface area contributed by atoms with Crippen LogP contribution in [0.4, 0.5) is 0 Å². The first-order chi connectivity index (χ1) is 8.84. The third-order valence-corrected chi connectivity index (χ3v) is 5.14. The van der Waals surface area contributed by atoms with Gasteiger partial charge in [-0.3, -0.25) is 9.59 Å². The number of esters is 1. The van der Waals surface area contributed by atoms with Gasteiger partial charge in [0.15, 0.2) is 0 Å². The Bertz CT molecular complexity index is 288. The number of ether oxygens (including phenoxy) is 1. The second kappa shape index (κ2) is 11.2. The summed E-state index contributed by atoms with van der Waals surface area (Å²) in [4.78, 5) is 22.6. The van der Waals surface area contributed by atoms with Crippen molar-refractivity contribution < 1.29 is 14.3 Å². The van der Waals surface area contributed by atoms with E-state index < -0.39 is 0 Å². The van der Waals surface area contributed by atoms with Crippen molar-refractivity contribution in [3.63, 3.8) is 0 Å². The molecule has 0 aromatic rings. The highest BCUT2D eigenvalue weighted by Crippen LogP contribution is 2.22. The molecule has 0 spiro atoms. The van der Waals surface area contributed by atoms with Gasteiger partial charge in [-0.05, 0) is 0 Å². The summed E-state index contributed by atoms with van der Waals surface area (Å²) in [5.41, 5.74) is 0. The van der Waals surface area contributed by atoms with E-state index in [4.69, 9.17) is 4.74 Å². The molecular weight excluding hydrogens is 397 g/mol. The largest absolute Gasteiger partial charge is 0.465 e. The van der Waals surface area contributed by atoms with Crippen LogP contribution in [0, 0.1) is 5.92 Å². The molecule has 1 atom stereocenters. The summed E-state index contributed by atoms with van der Waals surface area (Å²) >= 11 is 1.83. The lowest BCUT2D eigenvalue weighted by molar-refractivity contribution is -0.146. The average molecular weight is 419 g/mol. The highest BCUT2D eigenvalue weighted by Gasteiger charge is 2.16. The molecule has 0 saturated carbocycles. The molecule has 1 N–H and O–H groups in total. The van der Waals surface area contributed by atoms with Crippen LogP contribution in [0.3, 0.4) is 0 Å². The van der Waals surface area contributed by atoms with Crippen molar-refractivity contribution in [2.75, 3.05) is 18.1 Å². The fraction of sp³-hybridized carbons (Fsp3) is 0.833. The first-order valence-electron chi connectivity index (χ1n) is 6.21. The van der Waals surface area contributed by atoms with Gasteiger partial charge in [-0.1, -0.05) is 49.3 Å². The van der Waals surface area contributed by atoms with E-state index in [0.717, 1.165) is 11.5 Å². The summed E-state index contributed by atoms with van der Waals surface area (Å²) in [5.74, 6) is 1.23. The third kappa shape index (κ3) is 10.9. The minimum absolute atomic E-state index is 0.0751. The predicted molar refractivity (Wildman–Crippen MR) is 91.8 cm³/mol. The lowest BCUT2D eigenvalue weighted by Gasteiger charge is -2.17. The number of nitrogens with one attached hydrogen (secondary N) is 1. The van der Waals surface area contributed by atoms with Gasteiger partial charge in [-0.15, -0.1) is 0 Å². The molecule has 0 heterocycles. The first-order valence-corrected chi connectivity index (χ1v) is 9.77. The predicted octanol–water partition coefficient (Wildman–Crippen LogP) is 2.90. The Labute approximate surface area is 137 Å². The summed E-state index contributed by atoms with van der Waals surface area (Å²) < 4.78 is 5.20. The number of carbonyl (C=O) groups is 2. The van der Waals surface area contributed by atoms with Gasteiger partial charge in [-0.25, -0.2) is 0 Å². The maximum atomic E-state index is 11.4. The SMILES string of the molecule is CC(C)N[C@@H](CSSCCOC(=O)C(C)C)C(=O)I. The Hall–Kier alpha value is 0.530. The van der Waals surface area contributed by atoms with Crippen molar-refractivity contribution in [3.05, 3.63) is 0 Å². The maximum Gasteiger partial charge on any atom is 0.308 e. The highest BCUT2D eigenvalue weighted by atomic mass is 127. The summed E-state index contributed by atoms with van der Waals surface area (Å²) in [6.45, 7) is 8.11. The summed E-state index contributed by atoms with van der Waals surface area (Å²) in [6, 6.07) is 0.178. The number of halogens is 1. The van der Waals surface area contributed by atoms with Crippen molar-refractivity contribution in [1.29, 1.82) is 0 Å². The Kier molecular flexibility index (Phi) is 11.5. The number of carbonyl (C=O) groups excluding carboxylic acids is 2. The summed E-state index contributed by atoms with van der Waals surface area (Å²) in [6.07, 6.45) is 0. The van der Waals surface area contributed by atoms with Crippen molar-refractivity contribution in [3.8, 4) is 0 Å². The summed E-state index contributed by atoms with van der Waals surface area (Å²) in [7, 11) is 3.25. The van der Waals surface area contributed by atoms with E-state index >= 15 is 0 Å². The van der Waals surface area contributed by atoms with Crippen LogP contribution in [0.15, 0.2) is 0 Å². The van der Waals surface area contributed by atoms with Crippen LogP contribution in [0.2, 0.25) is 0 Å². The Morgan fingerprint density at radius 1 is 1.21 bits per heavy atom. The molecule has 7 heteroatoms. The van der Waals surface area contributed by atoms with E-state index in [0.29, 0.717) is 12.6 Å². The molecule has 0 aliphatic carbocycles. The molecule has 0 aliphatic heterocycles. The molecule has 19 heavy (non-hydrogen) atoms. The zero-order chi connectivity index (χ0) is 14.8. The van der Waals surface area contributed by atoms with Crippen molar-refractivity contribution >= 4 is 53.9 Å². The minimum atomic E-state index is -0.160. The Morgan fingerprint density at radius 2 is 1.84 bits per heavy atom. The molecule has 0 unspecified atom stereocenters. The highest BCUT2D eigenvalue weighted by molar-refractivity contribution is 14.1. The Balaban J connectivity index is 3.66. The van der Waals surface area contributed by atoms with Crippen LogP contribution < -0.4 is 5.32 Å². The van der Waals surface area contributed by atoms with Gasteiger partial charge >= 0.3 is 5.97 Å². The van der Waals surface area contributed by atoms with Crippen LogP contribution >= 0.6 is 44.2 Å². The molecule has 112 valence electrons. The molecular formula is C12H22INO3S2. The molecule has 0 aromatic heterocycles. The molecule has 0 bridgehead atoms. The van der Waals surface area contributed by atoms with Gasteiger partial charge < -0.3 is 10.1 Å². The van der Waals surface area contributed by atoms with Crippen molar-refractivity contribution in [1.82, 2.24) is 5.32 Å².